The van der Waals surface area contributed by atoms with Crippen LogP contribution in [0.1, 0.15) is 88.9 Å². The number of fused-ring (bicyclic) bond motifs is 1. The Morgan fingerprint density at radius 2 is 1.82 bits per heavy atom. The molecule has 2 aliphatic heterocycles. The fraction of sp³-hybridized carbons (Fsp3) is 0.600. The number of amides is 3. The fourth-order valence-corrected chi connectivity index (χ4v) is 7.00. The van der Waals surface area contributed by atoms with Crippen molar-refractivity contribution in [3.63, 3.8) is 0 Å². The van der Waals surface area contributed by atoms with Crippen LogP contribution in [0.5, 0.6) is 5.75 Å². The standard InChI is InChI=1S/C35H50N8O6/c1-6-26-32(46)41(4)27-21-36-34(39-30(27)43(26)24-10-7-8-11-24)38-25-14-13-22(20-28(25)49-5)31(45)37-23-15-18-42(19-16-23)17-9-12-29(44)40-35(2,3)33(47)48/h13-14,20-21,23-24,26H,6-12,15-19H2,1-5H3,(H,37,45)(H,40,44)(H,47,48)(H,36,38,39)/t26-/m1/s1. The van der Waals surface area contributed by atoms with E-state index in [0.29, 0.717) is 41.5 Å². The van der Waals surface area contributed by atoms with E-state index in [0.717, 1.165) is 64.0 Å². The number of ether oxygens (including phenoxy) is 1. The Morgan fingerprint density at radius 3 is 2.47 bits per heavy atom. The van der Waals surface area contributed by atoms with Gasteiger partial charge in [-0.25, -0.2) is 9.78 Å². The number of likely N-dealkylation sites (tertiary alicyclic amines) is 1. The van der Waals surface area contributed by atoms with Crippen molar-refractivity contribution in [1.82, 2.24) is 25.5 Å². The van der Waals surface area contributed by atoms with Gasteiger partial charge in [0.05, 0.1) is 19.0 Å². The molecule has 0 unspecified atom stereocenters. The van der Waals surface area contributed by atoms with Gasteiger partial charge in [0.1, 0.15) is 23.0 Å². The third-order valence-corrected chi connectivity index (χ3v) is 9.91. The van der Waals surface area contributed by atoms with Crippen LogP contribution in [0.4, 0.5) is 23.1 Å². The lowest BCUT2D eigenvalue weighted by atomic mass is 10.0. The summed E-state index contributed by atoms with van der Waals surface area (Å²) in [6.07, 6.45) is 9.19. The number of carboxylic acid groups (broad SMARTS) is 1. The first-order valence-electron chi connectivity index (χ1n) is 17.4. The van der Waals surface area contributed by atoms with Gasteiger partial charge in [0.2, 0.25) is 17.8 Å². The molecule has 1 aromatic heterocycles. The summed E-state index contributed by atoms with van der Waals surface area (Å²) >= 11 is 0. The second kappa shape index (κ2) is 15.4. The second-order valence-electron chi connectivity index (χ2n) is 13.8. The van der Waals surface area contributed by atoms with E-state index in [2.05, 4.69) is 30.7 Å². The number of anilines is 4. The average Bonchev–Trinajstić information content (AvgIpc) is 3.61. The number of carbonyl (C=O) groups is 4. The Kier molecular flexibility index (Phi) is 11.3. The van der Waals surface area contributed by atoms with Gasteiger partial charge < -0.3 is 40.5 Å². The number of aliphatic carboxylic acids is 1. The van der Waals surface area contributed by atoms with E-state index in [1.54, 1.807) is 43.5 Å². The molecule has 3 aliphatic rings. The van der Waals surface area contributed by atoms with Gasteiger partial charge in [-0.3, -0.25) is 14.4 Å². The van der Waals surface area contributed by atoms with Crippen molar-refractivity contribution >= 4 is 46.8 Å². The predicted molar refractivity (Wildman–Crippen MR) is 187 cm³/mol. The Hall–Kier alpha value is -4.46. The quantitative estimate of drug-likeness (QED) is 0.244. The number of nitrogens with zero attached hydrogens (tertiary/aromatic N) is 5. The maximum atomic E-state index is 13.2. The van der Waals surface area contributed by atoms with E-state index >= 15 is 0 Å². The highest BCUT2D eigenvalue weighted by atomic mass is 16.5. The molecule has 1 atom stereocenters. The van der Waals surface area contributed by atoms with Crippen molar-refractivity contribution in [2.45, 2.75) is 102 Å². The second-order valence-corrected chi connectivity index (χ2v) is 13.8. The summed E-state index contributed by atoms with van der Waals surface area (Å²) in [4.78, 5) is 65.4. The van der Waals surface area contributed by atoms with Crippen LogP contribution < -0.4 is 30.5 Å². The molecule has 4 N–H and O–H groups in total. The molecule has 1 aliphatic carbocycles. The van der Waals surface area contributed by atoms with Crippen molar-refractivity contribution in [1.29, 1.82) is 0 Å². The number of aromatic nitrogens is 2. The van der Waals surface area contributed by atoms with Crippen LogP contribution in [0.3, 0.4) is 0 Å². The Bertz CT molecular complexity index is 1540. The van der Waals surface area contributed by atoms with Crippen LogP contribution >= 0.6 is 0 Å². The fourth-order valence-electron chi connectivity index (χ4n) is 7.00. The first kappa shape index (κ1) is 35.8. The third-order valence-electron chi connectivity index (χ3n) is 9.91. The number of carbonyl (C=O) groups excluding carboxylic acids is 3. The number of nitrogens with one attached hydrogen (secondary N) is 3. The van der Waals surface area contributed by atoms with Crippen LogP contribution in [0, 0.1) is 0 Å². The number of benzene rings is 1. The normalized spacial score (nSPS) is 19.0. The SMILES string of the molecule is CC[C@@H]1C(=O)N(C)c2cnc(Nc3ccc(C(=O)NC4CCN(CCCC(=O)NC(C)(C)C(=O)O)CC4)cc3OC)nc2N1C1CCCC1. The summed E-state index contributed by atoms with van der Waals surface area (Å²) in [6, 6.07) is 5.26. The van der Waals surface area contributed by atoms with Gasteiger partial charge >= 0.3 is 5.97 Å². The molecule has 2 fully saturated rings. The van der Waals surface area contributed by atoms with Gasteiger partial charge in [-0.15, -0.1) is 0 Å². The summed E-state index contributed by atoms with van der Waals surface area (Å²) in [5.74, 6) is 0.149. The number of hydrogen-bond donors (Lipinski definition) is 4. The molecule has 3 heterocycles. The van der Waals surface area contributed by atoms with Crippen molar-refractivity contribution in [2.75, 3.05) is 48.9 Å². The summed E-state index contributed by atoms with van der Waals surface area (Å²) in [6.45, 7) is 7.29. The van der Waals surface area contributed by atoms with Crippen LogP contribution in [0.15, 0.2) is 24.4 Å². The minimum atomic E-state index is -1.29. The molecule has 266 valence electrons. The summed E-state index contributed by atoms with van der Waals surface area (Å²) in [5.41, 5.74) is 0.499. The predicted octanol–water partition coefficient (Wildman–Crippen LogP) is 3.69. The van der Waals surface area contributed by atoms with Gasteiger partial charge in [-0.1, -0.05) is 19.8 Å². The lowest BCUT2D eigenvalue weighted by Crippen LogP contribution is -2.55. The highest BCUT2D eigenvalue weighted by Gasteiger charge is 2.41. The molecule has 3 amide bonds. The van der Waals surface area contributed by atoms with Gasteiger partial charge in [0.25, 0.3) is 5.91 Å². The largest absolute Gasteiger partial charge is 0.495 e. The van der Waals surface area contributed by atoms with Crippen LogP contribution in [0.2, 0.25) is 0 Å². The Balaban J connectivity index is 1.16. The lowest BCUT2D eigenvalue weighted by molar-refractivity contribution is -0.146. The number of carboxylic acids is 1. The van der Waals surface area contributed by atoms with Gasteiger partial charge in [0.15, 0.2) is 5.82 Å². The summed E-state index contributed by atoms with van der Waals surface area (Å²) < 4.78 is 5.66. The minimum Gasteiger partial charge on any atom is -0.495 e. The maximum Gasteiger partial charge on any atom is 0.328 e. The van der Waals surface area contributed by atoms with Gasteiger partial charge in [0, 0.05) is 44.2 Å². The van der Waals surface area contributed by atoms with E-state index in [1.807, 2.05) is 6.92 Å². The van der Waals surface area contributed by atoms with E-state index in [4.69, 9.17) is 9.72 Å². The lowest BCUT2D eigenvalue weighted by Gasteiger charge is -2.43. The van der Waals surface area contributed by atoms with Gasteiger partial charge in [-0.05, 0) is 77.1 Å². The zero-order valence-electron chi connectivity index (χ0n) is 29.3. The molecule has 2 aromatic rings. The zero-order valence-corrected chi connectivity index (χ0v) is 29.3. The highest BCUT2D eigenvalue weighted by molar-refractivity contribution is 6.04. The molecule has 1 saturated heterocycles. The first-order valence-corrected chi connectivity index (χ1v) is 17.4. The molecular weight excluding hydrogens is 628 g/mol. The number of rotatable bonds is 13. The summed E-state index contributed by atoms with van der Waals surface area (Å²) in [5, 5.41) is 18.2. The molecule has 14 heteroatoms. The van der Waals surface area contributed by atoms with Crippen LogP contribution in [0.25, 0.3) is 0 Å². The molecule has 0 bridgehead atoms. The van der Waals surface area contributed by atoms with Crippen molar-refractivity contribution in [2.24, 2.45) is 0 Å². The zero-order chi connectivity index (χ0) is 35.3. The summed E-state index contributed by atoms with van der Waals surface area (Å²) in [7, 11) is 3.33. The molecule has 14 nitrogen and oxygen atoms in total. The number of likely N-dealkylation sites (N-methyl/N-ethyl adjacent to an activating group) is 1. The monoisotopic (exact) mass is 678 g/mol. The van der Waals surface area contributed by atoms with Gasteiger partial charge in [-0.2, -0.15) is 4.98 Å². The van der Waals surface area contributed by atoms with Crippen LogP contribution in [-0.2, 0) is 14.4 Å². The smallest absolute Gasteiger partial charge is 0.328 e. The Labute approximate surface area is 288 Å². The Morgan fingerprint density at radius 1 is 1.10 bits per heavy atom. The maximum absolute atomic E-state index is 13.2. The topological polar surface area (TPSA) is 169 Å². The van der Waals surface area contributed by atoms with Crippen molar-refractivity contribution in [3.05, 3.63) is 30.0 Å². The molecule has 0 radical (unpaired) electrons. The number of methoxy groups -OCH3 is 1. The van der Waals surface area contributed by atoms with Crippen molar-refractivity contribution in [3.8, 4) is 5.75 Å². The van der Waals surface area contributed by atoms with Crippen molar-refractivity contribution < 1.29 is 29.0 Å². The van der Waals surface area contributed by atoms with Crippen LogP contribution in [-0.4, -0.2) is 101 Å². The molecular formula is C35H50N8O6. The number of hydrogen-bond acceptors (Lipinski definition) is 10. The van der Waals surface area contributed by atoms with E-state index < -0.39 is 11.5 Å². The molecule has 1 aromatic carbocycles. The average molecular weight is 679 g/mol. The molecule has 5 rings (SSSR count). The molecule has 49 heavy (non-hydrogen) atoms. The van der Waals surface area contributed by atoms with E-state index in [1.165, 1.54) is 13.8 Å². The van der Waals surface area contributed by atoms with E-state index in [9.17, 15) is 24.3 Å². The third kappa shape index (κ3) is 8.23. The molecule has 1 saturated carbocycles. The molecule has 0 spiro atoms. The number of piperidine rings is 1. The first-order chi connectivity index (χ1) is 23.4. The van der Waals surface area contributed by atoms with E-state index in [-0.39, 0.29) is 42.3 Å². The minimum absolute atomic E-state index is 0.0240. The highest BCUT2D eigenvalue weighted by Crippen LogP contribution is 2.40.